The summed E-state index contributed by atoms with van der Waals surface area (Å²) in [5.41, 5.74) is 2.58. The van der Waals surface area contributed by atoms with Crippen LogP contribution < -0.4 is 10.1 Å². The molecule has 2 amide bonds. The lowest BCUT2D eigenvalue weighted by Crippen LogP contribution is -2.53. The number of nitrogens with one attached hydrogen (secondary N) is 1. The Labute approximate surface area is 184 Å². The summed E-state index contributed by atoms with van der Waals surface area (Å²) in [5, 5.41) is 3.56. The molecule has 0 aliphatic heterocycles. The average molecular weight is 431 g/mol. The highest BCUT2D eigenvalue weighted by Gasteiger charge is 2.28. The summed E-state index contributed by atoms with van der Waals surface area (Å²) in [6, 6.07) is 12.3. The smallest absolute Gasteiger partial charge is 0.261 e. The summed E-state index contributed by atoms with van der Waals surface area (Å²) in [4.78, 5) is 27.4. The highest BCUT2D eigenvalue weighted by Crippen LogP contribution is 2.21. The standard InChI is InChI=1S/C24H31ClN2O3/c1-16-8-7-9-21(17(16)2)30-15-22(28)27(14-19-10-12-20(25)13-11-19)18(3)23(29)26-24(4,5)6/h7-13,18H,14-15H2,1-6H3,(H,26,29)/t18-/m1/s1. The van der Waals surface area contributed by atoms with E-state index in [-0.39, 0.29) is 25.0 Å². The summed E-state index contributed by atoms with van der Waals surface area (Å²) in [5.74, 6) is 0.195. The molecule has 1 N–H and O–H groups in total. The van der Waals surface area contributed by atoms with Crippen molar-refractivity contribution in [3.8, 4) is 5.75 Å². The number of ether oxygens (including phenoxy) is 1. The normalized spacial score (nSPS) is 12.2. The molecule has 162 valence electrons. The number of carbonyl (C=O) groups is 2. The molecule has 2 rings (SSSR count). The minimum absolute atomic E-state index is 0.148. The summed E-state index contributed by atoms with van der Waals surface area (Å²) in [6.45, 7) is 11.5. The molecule has 0 bridgehead atoms. The summed E-state index contributed by atoms with van der Waals surface area (Å²) in [6.07, 6.45) is 0. The van der Waals surface area contributed by atoms with Crippen molar-refractivity contribution < 1.29 is 14.3 Å². The summed E-state index contributed by atoms with van der Waals surface area (Å²) < 4.78 is 5.80. The quantitative estimate of drug-likeness (QED) is 0.694. The molecule has 0 aliphatic rings. The van der Waals surface area contributed by atoms with Gasteiger partial charge < -0.3 is 15.0 Å². The Kier molecular flexibility index (Phi) is 7.90. The first-order chi connectivity index (χ1) is 14.0. The average Bonchev–Trinajstić information content (AvgIpc) is 2.66. The molecule has 2 aromatic rings. The van der Waals surface area contributed by atoms with Gasteiger partial charge in [-0.15, -0.1) is 0 Å². The van der Waals surface area contributed by atoms with E-state index in [2.05, 4.69) is 5.32 Å². The van der Waals surface area contributed by atoms with Gasteiger partial charge in [0.25, 0.3) is 5.91 Å². The molecule has 0 saturated carbocycles. The molecule has 30 heavy (non-hydrogen) atoms. The van der Waals surface area contributed by atoms with Gasteiger partial charge in [0.15, 0.2) is 6.61 Å². The third kappa shape index (κ3) is 6.77. The molecular weight excluding hydrogens is 400 g/mol. The van der Waals surface area contributed by atoms with Crippen molar-refractivity contribution in [3.05, 3.63) is 64.2 Å². The number of halogens is 1. The van der Waals surface area contributed by atoms with E-state index in [1.165, 1.54) is 4.90 Å². The number of aryl methyl sites for hydroxylation is 1. The lowest BCUT2D eigenvalue weighted by molar-refractivity contribution is -0.142. The fourth-order valence-electron chi connectivity index (χ4n) is 2.95. The maximum absolute atomic E-state index is 13.1. The zero-order chi connectivity index (χ0) is 22.5. The van der Waals surface area contributed by atoms with E-state index in [1.54, 1.807) is 19.1 Å². The van der Waals surface area contributed by atoms with E-state index in [9.17, 15) is 9.59 Å². The molecule has 0 heterocycles. The van der Waals surface area contributed by atoms with Gasteiger partial charge in [-0.25, -0.2) is 0 Å². The second-order valence-corrected chi connectivity index (χ2v) is 8.99. The highest BCUT2D eigenvalue weighted by molar-refractivity contribution is 6.30. The molecular formula is C24H31ClN2O3. The van der Waals surface area contributed by atoms with Crippen LogP contribution in [0.5, 0.6) is 5.75 Å². The van der Waals surface area contributed by atoms with Crippen LogP contribution in [0.25, 0.3) is 0 Å². The van der Waals surface area contributed by atoms with E-state index >= 15 is 0 Å². The topological polar surface area (TPSA) is 58.6 Å². The van der Waals surface area contributed by atoms with E-state index in [0.29, 0.717) is 10.8 Å². The summed E-state index contributed by atoms with van der Waals surface area (Å²) >= 11 is 5.98. The third-order valence-electron chi connectivity index (χ3n) is 4.84. The minimum Gasteiger partial charge on any atom is -0.483 e. The largest absolute Gasteiger partial charge is 0.483 e. The van der Waals surface area contributed by atoms with Crippen LogP contribution in [-0.4, -0.2) is 34.9 Å². The van der Waals surface area contributed by atoms with Gasteiger partial charge in [0.05, 0.1) is 0 Å². The predicted molar refractivity (Wildman–Crippen MR) is 121 cm³/mol. The van der Waals surface area contributed by atoms with E-state index in [1.807, 2.05) is 65.0 Å². The maximum atomic E-state index is 13.1. The number of hydrogen-bond acceptors (Lipinski definition) is 3. The SMILES string of the molecule is Cc1cccc(OCC(=O)N(Cc2ccc(Cl)cc2)[C@H](C)C(=O)NC(C)(C)C)c1C. The number of nitrogens with zero attached hydrogens (tertiary/aromatic N) is 1. The van der Waals surface area contributed by atoms with Gasteiger partial charge in [0.1, 0.15) is 11.8 Å². The molecule has 2 aromatic carbocycles. The van der Waals surface area contributed by atoms with Crippen LogP contribution in [0.1, 0.15) is 44.4 Å². The third-order valence-corrected chi connectivity index (χ3v) is 5.09. The van der Waals surface area contributed by atoms with Crippen LogP contribution in [0.15, 0.2) is 42.5 Å². The molecule has 5 nitrogen and oxygen atoms in total. The second-order valence-electron chi connectivity index (χ2n) is 8.55. The number of amides is 2. The van der Waals surface area contributed by atoms with Crippen molar-refractivity contribution in [2.45, 2.75) is 59.7 Å². The maximum Gasteiger partial charge on any atom is 0.261 e. The first-order valence-electron chi connectivity index (χ1n) is 10.0. The Morgan fingerprint density at radius 2 is 1.73 bits per heavy atom. The lowest BCUT2D eigenvalue weighted by atomic mass is 10.1. The molecule has 6 heteroatoms. The zero-order valence-electron chi connectivity index (χ0n) is 18.6. The van der Waals surface area contributed by atoms with Crippen LogP contribution in [0, 0.1) is 13.8 Å². The van der Waals surface area contributed by atoms with Crippen molar-refractivity contribution >= 4 is 23.4 Å². The molecule has 0 spiro atoms. The van der Waals surface area contributed by atoms with E-state index in [4.69, 9.17) is 16.3 Å². The highest BCUT2D eigenvalue weighted by atomic mass is 35.5. The number of hydrogen-bond donors (Lipinski definition) is 1. The Morgan fingerprint density at radius 3 is 2.33 bits per heavy atom. The van der Waals surface area contributed by atoms with Crippen LogP contribution in [0.3, 0.4) is 0 Å². The first-order valence-corrected chi connectivity index (χ1v) is 10.4. The summed E-state index contributed by atoms with van der Waals surface area (Å²) in [7, 11) is 0. The molecule has 0 radical (unpaired) electrons. The van der Waals surface area contributed by atoms with Crippen molar-refractivity contribution in [3.63, 3.8) is 0 Å². The van der Waals surface area contributed by atoms with Crippen molar-refractivity contribution in [1.29, 1.82) is 0 Å². The van der Waals surface area contributed by atoms with E-state index < -0.39 is 11.6 Å². The first kappa shape index (κ1) is 23.7. The number of carbonyl (C=O) groups excluding carboxylic acids is 2. The lowest BCUT2D eigenvalue weighted by Gasteiger charge is -2.31. The molecule has 0 aliphatic carbocycles. The van der Waals surface area contributed by atoms with Crippen LogP contribution in [0.2, 0.25) is 5.02 Å². The van der Waals surface area contributed by atoms with Crippen molar-refractivity contribution in [2.75, 3.05) is 6.61 Å². The van der Waals surface area contributed by atoms with Crippen LogP contribution in [0.4, 0.5) is 0 Å². The van der Waals surface area contributed by atoms with Gasteiger partial charge in [0.2, 0.25) is 5.91 Å². The molecule has 1 atom stereocenters. The van der Waals surface area contributed by atoms with Gasteiger partial charge in [-0.1, -0.05) is 35.9 Å². The Morgan fingerprint density at radius 1 is 1.10 bits per heavy atom. The van der Waals surface area contributed by atoms with Gasteiger partial charge >= 0.3 is 0 Å². The monoisotopic (exact) mass is 430 g/mol. The zero-order valence-corrected chi connectivity index (χ0v) is 19.3. The molecule has 0 aromatic heterocycles. The number of benzene rings is 2. The van der Waals surface area contributed by atoms with Gasteiger partial charge in [-0.2, -0.15) is 0 Å². The number of rotatable bonds is 7. The second kappa shape index (κ2) is 9.98. The van der Waals surface area contributed by atoms with Gasteiger partial charge in [-0.3, -0.25) is 9.59 Å². The molecule has 0 saturated heterocycles. The molecule has 0 fully saturated rings. The fourth-order valence-corrected chi connectivity index (χ4v) is 3.07. The fraction of sp³-hybridized carbons (Fsp3) is 0.417. The van der Waals surface area contributed by atoms with Crippen molar-refractivity contribution in [2.24, 2.45) is 0 Å². The van der Waals surface area contributed by atoms with Gasteiger partial charge in [-0.05, 0) is 76.4 Å². The molecule has 0 unspecified atom stereocenters. The van der Waals surface area contributed by atoms with Crippen LogP contribution >= 0.6 is 11.6 Å². The van der Waals surface area contributed by atoms with Gasteiger partial charge in [0, 0.05) is 17.1 Å². The Bertz CT molecular complexity index is 888. The predicted octanol–water partition coefficient (Wildman–Crippen LogP) is 4.67. The minimum atomic E-state index is -0.658. The Balaban J connectivity index is 2.20. The van der Waals surface area contributed by atoms with Crippen molar-refractivity contribution in [1.82, 2.24) is 10.2 Å². The van der Waals surface area contributed by atoms with Crippen LogP contribution in [-0.2, 0) is 16.1 Å². The van der Waals surface area contributed by atoms with E-state index in [0.717, 1.165) is 16.7 Å². The Hall–Kier alpha value is -2.53.